The van der Waals surface area contributed by atoms with Gasteiger partial charge in [-0.3, -0.25) is 9.59 Å². The first kappa shape index (κ1) is 20.6. The van der Waals surface area contributed by atoms with E-state index in [9.17, 15) is 9.59 Å². The second-order valence-electron chi connectivity index (χ2n) is 7.32. The monoisotopic (exact) mass is 420 g/mol. The van der Waals surface area contributed by atoms with Gasteiger partial charge in [-0.25, -0.2) is 0 Å². The first-order valence-electron chi connectivity index (χ1n) is 10.3. The van der Waals surface area contributed by atoms with Gasteiger partial charge in [-0.15, -0.1) is 0 Å². The molecule has 2 heterocycles. The summed E-state index contributed by atoms with van der Waals surface area (Å²) in [5, 5.41) is 6.69. The van der Waals surface area contributed by atoms with Crippen molar-refractivity contribution >= 4 is 11.8 Å². The predicted octanol–water partition coefficient (Wildman–Crippen LogP) is 3.23. The van der Waals surface area contributed by atoms with E-state index in [0.29, 0.717) is 35.1 Å². The molecule has 2 amide bonds. The van der Waals surface area contributed by atoms with E-state index in [1.165, 1.54) is 0 Å². The largest absolute Gasteiger partial charge is 0.484 e. The normalized spacial score (nSPS) is 16.0. The number of aromatic nitrogens is 2. The van der Waals surface area contributed by atoms with Crippen molar-refractivity contribution in [1.82, 2.24) is 20.4 Å². The number of likely N-dealkylation sites (tertiary alicyclic amines) is 1. The van der Waals surface area contributed by atoms with E-state index >= 15 is 0 Å². The van der Waals surface area contributed by atoms with Crippen molar-refractivity contribution in [3.63, 3.8) is 0 Å². The molecule has 3 aromatic rings. The summed E-state index contributed by atoms with van der Waals surface area (Å²) in [6.07, 6.45) is 2.64. The van der Waals surface area contributed by atoms with E-state index in [4.69, 9.17) is 9.26 Å². The Morgan fingerprint density at radius 1 is 1.16 bits per heavy atom. The van der Waals surface area contributed by atoms with E-state index in [0.717, 1.165) is 19.3 Å². The minimum Gasteiger partial charge on any atom is -0.484 e. The summed E-state index contributed by atoms with van der Waals surface area (Å²) >= 11 is 0. The van der Waals surface area contributed by atoms with Crippen molar-refractivity contribution in [3.8, 4) is 17.1 Å². The number of nitrogens with one attached hydrogen (secondary N) is 1. The van der Waals surface area contributed by atoms with Crippen molar-refractivity contribution in [2.24, 2.45) is 0 Å². The molecule has 0 bridgehead atoms. The van der Waals surface area contributed by atoms with Gasteiger partial charge in [0.1, 0.15) is 11.8 Å². The van der Waals surface area contributed by atoms with Crippen LogP contribution in [0, 0.1) is 0 Å². The fourth-order valence-electron chi connectivity index (χ4n) is 3.66. The summed E-state index contributed by atoms with van der Waals surface area (Å²) in [6, 6.07) is 16.0. The fraction of sp³-hybridized carbons (Fsp3) is 0.304. The second-order valence-corrected chi connectivity index (χ2v) is 7.32. The van der Waals surface area contributed by atoms with Gasteiger partial charge in [-0.1, -0.05) is 35.5 Å². The molecule has 1 aliphatic rings. The standard InChI is InChI=1S/C23H24N4O4/c1-24-22(29)17-9-7-8-16(14-17)21-25-23(31-26-21)19-12-5-6-13-27(19)20(28)15-30-18-10-3-2-4-11-18/h2-4,7-11,14,19H,5-6,12-13,15H2,1H3,(H,24,29)/t19-/m1/s1. The van der Waals surface area contributed by atoms with E-state index in [1.54, 1.807) is 30.1 Å². The molecular weight excluding hydrogens is 396 g/mol. The predicted molar refractivity (Wildman–Crippen MR) is 113 cm³/mol. The number of hydrogen-bond acceptors (Lipinski definition) is 6. The summed E-state index contributed by atoms with van der Waals surface area (Å²) in [6.45, 7) is 0.571. The van der Waals surface area contributed by atoms with E-state index in [1.807, 2.05) is 36.4 Å². The average molecular weight is 420 g/mol. The van der Waals surface area contributed by atoms with E-state index < -0.39 is 0 Å². The van der Waals surface area contributed by atoms with Crippen LogP contribution in [-0.4, -0.2) is 47.1 Å². The molecule has 2 aromatic carbocycles. The Bertz CT molecular complexity index is 1050. The zero-order valence-corrected chi connectivity index (χ0v) is 17.3. The topological polar surface area (TPSA) is 97.6 Å². The van der Waals surface area contributed by atoms with Gasteiger partial charge >= 0.3 is 0 Å². The number of piperidine rings is 1. The molecule has 0 radical (unpaired) electrons. The van der Waals surface area contributed by atoms with Crippen LogP contribution in [0.15, 0.2) is 59.1 Å². The number of para-hydroxylation sites is 1. The number of ether oxygens (including phenoxy) is 1. The summed E-state index contributed by atoms with van der Waals surface area (Å²) in [5.41, 5.74) is 1.19. The van der Waals surface area contributed by atoms with Gasteiger partial charge in [-0.2, -0.15) is 4.98 Å². The number of rotatable bonds is 6. The number of nitrogens with zero attached hydrogens (tertiary/aromatic N) is 3. The highest BCUT2D eigenvalue weighted by Gasteiger charge is 2.32. The molecule has 0 aliphatic carbocycles. The number of benzene rings is 2. The van der Waals surface area contributed by atoms with Gasteiger partial charge in [0.2, 0.25) is 11.7 Å². The maximum atomic E-state index is 12.9. The summed E-state index contributed by atoms with van der Waals surface area (Å²) in [7, 11) is 1.58. The molecular formula is C23H24N4O4. The van der Waals surface area contributed by atoms with E-state index in [-0.39, 0.29) is 24.5 Å². The highest BCUT2D eigenvalue weighted by atomic mass is 16.5. The van der Waals surface area contributed by atoms with Crippen molar-refractivity contribution in [2.45, 2.75) is 25.3 Å². The van der Waals surface area contributed by atoms with Gasteiger partial charge < -0.3 is 19.5 Å². The summed E-state index contributed by atoms with van der Waals surface area (Å²) < 4.78 is 11.2. The quantitative estimate of drug-likeness (QED) is 0.658. The van der Waals surface area contributed by atoms with Crippen LogP contribution >= 0.6 is 0 Å². The Balaban J connectivity index is 1.49. The smallest absolute Gasteiger partial charge is 0.261 e. The van der Waals surface area contributed by atoms with Crippen LogP contribution in [0.5, 0.6) is 5.75 Å². The van der Waals surface area contributed by atoms with Gasteiger partial charge in [0.05, 0.1) is 0 Å². The van der Waals surface area contributed by atoms with Crippen LogP contribution in [-0.2, 0) is 4.79 Å². The third kappa shape index (κ3) is 4.74. The molecule has 0 saturated carbocycles. The molecule has 1 N–H and O–H groups in total. The molecule has 160 valence electrons. The second kappa shape index (κ2) is 9.42. The van der Waals surface area contributed by atoms with Crippen LogP contribution in [0.2, 0.25) is 0 Å². The first-order valence-corrected chi connectivity index (χ1v) is 10.3. The Labute approximate surface area is 180 Å². The third-order valence-electron chi connectivity index (χ3n) is 5.27. The molecule has 0 spiro atoms. The van der Waals surface area contributed by atoms with Crippen LogP contribution in [0.25, 0.3) is 11.4 Å². The van der Waals surface area contributed by atoms with Crippen molar-refractivity contribution in [2.75, 3.05) is 20.2 Å². The first-order chi connectivity index (χ1) is 15.2. The van der Waals surface area contributed by atoms with Crippen molar-refractivity contribution < 1.29 is 18.8 Å². The molecule has 0 unspecified atom stereocenters. The Kier molecular flexibility index (Phi) is 6.26. The maximum Gasteiger partial charge on any atom is 0.261 e. The van der Waals surface area contributed by atoms with Crippen LogP contribution in [0.3, 0.4) is 0 Å². The van der Waals surface area contributed by atoms with Crippen LogP contribution < -0.4 is 10.1 Å². The summed E-state index contributed by atoms with van der Waals surface area (Å²) in [4.78, 5) is 31.0. The Hall–Kier alpha value is -3.68. The molecule has 1 saturated heterocycles. The molecule has 8 nitrogen and oxygen atoms in total. The molecule has 1 aliphatic heterocycles. The number of carbonyl (C=O) groups excluding carboxylic acids is 2. The minimum atomic E-state index is -0.288. The molecule has 1 aromatic heterocycles. The van der Waals surface area contributed by atoms with Crippen molar-refractivity contribution in [3.05, 3.63) is 66.1 Å². The number of amides is 2. The Morgan fingerprint density at radius 2 is 2.00 bits per heavy atom. The summed E-state index contributed by atoms with van der Waals surface area (Å²) in [5.74, 6) is 1.14. The molecule has 4 rings (SSSR count). The molecule has 8 heteroatoms. The highest BCUT2D eigenvalue weighted by molar-refractivity contribution is 5.95. The molecule has 31 heavy (non-hydrogen) atoms. The highest BCUT2D eigenvalue weighted by Crippen LogP contribution is 2.31. The van der Waals surface area contributed by atoms with Crippen LogP contribution in [0.4, 0.5) is 0 Å². The zero-order chi connectivity index (χ0) is 21.6. The maximum absolute atomic E-state index is 12.9. The molecule has 1 fully saturated rings. The lowest BCUT2D eigenvalue weighted by Gasteiger charge is -2.33. The average Bonchev–Trinajstić information content (AvgIpc) is 3.33. The number of hydrogen-bond donors (Lipinski definition) is 1. The lowest BCUT2D eigenvalue weighted by atomic mass is 10.0. The van der Waals surface area contributed by atoms with Gasteiger partial charge in [0, 0.05) is 24.7 Å². The lowest BCUT2D eigenvalue weighted by molar-refractivity contribution is -0.138. The van der Waals surface area contributed by atoms with Gasteiger partial charge in [0.25, 0.3) is 11.8 Å². The van der Waals surface area contributed by atoms with E-state index in [2.05, 4.69) is 15.5 Å². The molecule has 1 atom stereocenters. The fourth-order valence-corrected chi connectivity index (χ4v) is 3.66. The minimum absolute atomic E-state index is 0.0460. The Morgan fingerprint density at radius 3 is 2.81 bits per heavy atom. The number of carbonyl (C=O) groups is 2. The van der Waals surface area contributed by atoms with Crippen LogP contribution in [0.1, 0.15) is 41.6 Å². The van der Waals surface area contributed by atoms with Gasteiger partial charge in [-0.05, 0) is 43.5 Å². The SMILES string of the molecule is CNC(=O)c1cccc(-c2noc([C@H]3CCCCN3C(=O)COc3ccccc3)n2)c1. The lowest BCUT2D eigenvalue weighted by Crippen LogP contribution is -2.41. The zero-order valence-electron chi connectivity index (χ0n) is 17.3. The van der Waals surface area contributed by atoms with Crippen molar-refractivity contribution in [1.29, 1.82) is 0 Å². The van der Waals surface area contributed by atoms with Gasteiger partial charge in [0.15, 0.2) is 6.61 Å². The third-order valence-corrected chi connectivity index (χ3v) is 5.27.